The third kappa shape index (κ3) is 0.887. The van der Waals surface area contributed by atoms with Gasteiger partial charge in [0.25, 0.3) is 0 Å². The van der Waals surface area contributed by atoms with Gasteiger partial charge in [0.2, 0.25) is 6.79 Å². The van der Waals surface area contributed by atoms with Crippen LogP contribution in [-0.4, -0.2) is 6.79 Å². The minimum absolute atomic E-state index is 0.261. The van der Waals surface area contributed by atoms with E-state index < -0.39 is 0 Å². The second-order valence-corrected chi connectivity index (χ2v) is 2.15. The lowest BCUT2D eigenvalue weighted by molar-refractivity contribution is 0.174. The molecule has 1 aromatic rings. The molecular weight excluding hydrogens is 142 g/mol. The van der Waals surface area contributed by atoms with Crippen LogP contribution >= 0.6 is 0 Å². The van der Waals surface area contributed by atoms with E-state index in [0.717, 1.165) is 5.75 Å². The molecule has 1 heterocycles. The lowest BCUT2D eigenvalue weighted by atomic mass is 10.3. The number of hydrogen-bond acceptors (Lipinski definition) is 2. The number of fused-ring (bicyclic) bond motifs is 1. The summed E-state index contributed by atoms with van der Waals surface area (Å²) in [5.41, 5.74) is 0.578. The van der Waals surface area contributed by atoms with Crippen LogP contribution in [0.3, 0.4) is 0 Å². The van der Waals surface area contributed by atoms with E-state index in [1.807, 2.05) is 0 Å². The van der Waals surface area contributed by atoms with Crippen LogP contribution in [0.1, 0.15) is 0 Å². The van der Waals surface area contributed by atoms with Crippen molar-refractivity contribution >= 4 is 5.69 Å². The second-order valence-electron chi connectivity index (χ2n) is 2.15. The summed E-state index contributed by atoms with van der Waals surface area (Å²) >= 11 is 0. The SMILES string of the molecule is [C-]#[N+]c1ccc2c(c1)OCO2. The van der Waals surface area contributed by atoms with Crippen molar-refractivity contribution in [3.8, 4) is 11.5 Å². The van der Waals surface area contributed by atoms with Gasteiger partial charge in [0.05, 0.1) is 6.57 Å². The monoisotopic (exact) mass is 147 g/mol. The Balaban J connectivity index is 2.51. The normalized spacial score (nSPS) is 12.6. The number of ether oxygens (including phenoxy) is 2. The van der Waals surface area contributed by atoms with Crippen LogP contribution in [0, 0.1) is 6.57 Å². The van der Waals surface area contributed by atoms with Crippen molar-refractivity contribution in [1.82, 2.24) is 0 Å². The van der Waals surface area contributed by atoms with Crippen LogP contribution in [0.2, 0.25) is 0 Å². The molecule has 0 atom stereocenters. The quantitative estimate of drug-likeness (QED) is 0.523. The molecule has 0 N–H and O–H groups in total. The molecule has 0 spiro atoms. The highest BCUT2D eigenvalue weighted by molar-refractivity contribution is 5.56. The summed E-state index contributed by atoms with van der Waals surface area (Å²) in [6.45, 7) is 7.00. The first-order chi connectivity index (χ1) is 5.40. The van der Waals surface area contributed by atoms with Crippen molar-refractivity contribution in [2.24, 2.45) is 0 Å². The minimum atomic E-state index is 0.261. The lowest BCUT2D eigenvalue weighted by Gasteiger charge is -1.93. The van der Waals surface area contributed by atoms with Gasteiger partial charge in [-0.3, -0.25) is 0 Å². The van der Waals surface area contributed by atoms with Crippen molar-refractivity contribution in [3.63, 3.8) is 0 Å². The molecule has 0 unspecified atom stereocenters. The molecule has 0 amide bonds. The maximum atomic E-state index is 6.74. The van der Waals surface area contributed by atoms with Crippen LogP contribution in [0.4, 0.5) is 5.69 Å². The molecule has 0 aliphatic carbocycles. The summed E-state index contributed by atoms with van der Waals surface area (Å²) in [5.74, 6) is 1.39. The zero-order valence-corrected chi connectivity index (χ0v) is 5.70. The Morgan fingerprint density at radius 2 is 2.09 bits per heavy atom. The van der Waals surface area contributed by atoms with E-state index in [0.29, 0.717) is 11.4 Å². The fraction of sp³-hybridized carbons (Fsp3) is 0.125. The summed E-state index contributed by atoms with van der Waals surface area (Å²) < 4.78 is 10.1. The Morgan fingerprint density at radius 3 is 2.91 bits per heavy atom. The number of hydrogen-bond donors (Lipinski definition) is 0. The van der Waals surface area contributed by atoms with Crippen molar-refractivity contribution in [2.45, 2.75) is 0 Å². The topological polar surface area (TPSA) is 22.8 Å². The molecule has 54 valence electrons. The van der Waals surface area contributed by atoms with Gasteiger partial charge in [0, 0.05) is 0 Å². The minimum Gasteiger partial charge on any atom is -0.455 e. The summed E-state index contributed by atoms with van der Waals surface area (Å²) in [4.78, 5) is 3.26. The zero-order valence-electron chi connectivity index (χ0n) is 5.70. The molecule has 0 radical (unpaired) electrons. The molecule has 0 bridgehead atoms. The van der Waals surface area contributed by atoms with Gasteiger partial charge in [-0.25, -0.2) is 4.85 Å². The van der Waals surface area contributed by atoms with Crippen LogP contribution in [-0.2, 0) is 0 Å². The molecular formula is C8H5NO2. The molecule has 1 aliphatic heterocycles. The highest BCUT2D eigenvalue weighted by Gasteiger charge is 2.12. The van der Waals surface area contributed by atoms with E-state index in [4.69, 9.17) is 16.0 Å². The van der Waals surface area contributed by atoms with E-state index in [1.54, 1.807) is 18.2 Å². The Hall–Kier alpha value is -1.69. The summed E-state index contributed by atoms with van der Waals surface area (Å²) in [6, 6.07) is 5.13. The third-order valence-electron chi connectivity index (χ3n) is 1.49. The predicted octanol–water partition coefficient (Wildman–Crippen LogP) is 1.97. The van der Waals surface area contributed by atoms with Crippen LogP contribution in [0.15, 0.2) is 18.2 Å². The van der Waals surface area contributed by atoms with Gasteiger partial charge >= 0.3 is 0 Å². The van der Waals surface area contributed by atoms with Gasteiger partial charge in [0.1, 0.15) is 0 Å². The van der Waals surface area contributed by atoms with Gasteiger partial charge in [-0.05, 0) is 12.1 Å². The van der Waals surface area contributed by atoms with Gasteiger partial charge in [-0.2, -0.15) is 0 Å². The fourth-order valence-electron chi connectivity index (χ4n) is 0.955. The zero-order chi connectivity index (χ0) is 7.68. The van der Waals surface area contributed by atoms with Crippen LogP contribution < -0.4 is 9.47 Å². The van der Waals surface area contributed by atoms with Gasteiger partial charge in [-0.15, -0.1) is 0 Å². The Kier molecular flexibility index (Phi) is 1.19. The van der Waals surface area contributed by atoms with E-state index in [2.05, 4.69) is 4.85 Å². The van der Waals surface area contributed by atoms with Gasteiger partial charge in [0.15, 0.2) is 17.2 Å². The molecule has 3 nitrogen and oxygen atoms in total. The van der Waals surface area contributed by atoms with E-state index in [1.165, 1.54) is 0 Å². The first-order valence-electron chi connectivity index (χ1n) is 3.17. The molecule has 3 heteroatoms. The Bertz CT molecular complexity index is 327. The van der Waals surface area contributed by atoms with Gasteiger partial charge in [-0.1, -0.05) is 6.07 Å². The number of benzene rings is 1. The van der Waals surface area contributed by atoms with E-state index in [9.17, 15) is 0 Å². The fourth-order valence-corrected chi connectivity index (χ4v) is 0.955. The summed E-state index contributed by atoms with van der Waals surface area (Å²) in [5, 5.41) is 0. The molecule has 1 aromatic carbocycles. The first-order valence-corrected chi connectivity index (χ1v) is 3.17. The largest absolute Gasteiger partial charge is 0.455 e. The maximum Gasteiger partial charge on any atom is 0.231 e. The molecule has 0 aromatic heterocycles. The Labute approximate surface area is 64.0 Å². The second kappa shape index (κ2) is 2.17. The number of nitrogens with zero attached hydrogens (tertiary/aromatic N) is 1. The van der Waals surface area contributed by atoms with E-state index >= 15 is 0 Å². The van der Waals surface area contributed by atoms with Crippen molar-refractivity contribution < 1.29 is 9.47 Å². The summed E-state index contributed by atoms with van der Waals surface area (Å²) in [6.07, 6.45) is 0. The van der Waals surface area contributed by atoms with Gasteiger partial charge < -0.3 is 9.47 Å². The highest BCUT2D eigenvalue weighted by Crippen LogP contribution is 2.34. The molecule has 0 fully saturated rings. The van der Waals surface area contributed by atoms with Crippen molar-refractivity contribution in [2.75, 3.05) is 6.79 Å². The predicted molar refractivity (Wildman–Crippen MR) is 38.8 cm³/mol. The standard InChI is InChI=1S/C8H5NO2/c1-9-6-2-3-7-8(4-6)11-5-10-7/h2-4H,5H2. The molecule has 1 aliphatic rings. The molecule has 0 saturated heterocycles. The smallest absolute Gasteiger partial charge is 0.231 e. The number of rotatable bonds is 0. The first kappa shape index (κ1) is 6.05. The average molecular weight is 147 g/mol. The van der Waals surface area contributed by atoms with E-state index in [-0.39, 0.29) is 6.79 Å². The maximum absolute atomic E-state index is 6.74. The van der Waals surface area contributed by atoms with Crippen molar-refractivity contribution in [3.05, 3.63) is 29.6 Å². The lowest BCUT2D eigenvalue weighted by Crippen LogP contribution is -1.92. The van der Waals surface area contributed by atoms with Crippen LogP contribution in [0.25, 0.3) is 4.85 Å². The average Bonchev–Trinajstić information content (AvgIpc) is 2.50. The summed E-state index contributed by atoms with van der Waals surface area (Å²) in [7, 11) is 0. The van der Waals surface area contributed by atoms with Crippen LogP contribution in [0.5, 0.6) is 11.5 Å². The highest BCUT2D eigenvalue weighted by atomic mass is 16.7. The molecule has 2 rings (SSSR count). The third-order valence-corrected chi connectivity index (χ3v) is 1.49. The molecule has 11 heavy (non-hydrogen) atoms. The Morgan fingerprint density at radius 1 is 1.27 bits per heavy atom. The molecule has 0 saturated carbocycles. The van der Waals surface area contributed by atoms with Crippen molar-refractivity contribution in [1.29, 1.82) is 0 Å².